The van der Waals surface area contributed by atoms with Crippen LogP contribution in [0.15, 0.2) is 46.5 Å². The summed E-state index contributed by atoms with van der Waals surface area (Å²) in [5, 5.41) is 7.45. The number of nitrogens with one attached hydrogen (secondary N) is 1. The molecular weight excluding hydrogens is 440 g/mol. The number of rotatable bonds is 6. The molecule has 0 amide bonds. The second kappa shape index (κ2) is 10.5. The molecule has 0 spiro atoms. The summed E-state index contributed by atoms with van der Waals surface area (Å²) in [5.41, 5.74) is 1.12. The third-order valence-corrected chi connectivity index (χ3v) is 4.28. The molecule has 1 aromatic heterocycles. The normalized spacial score (nSPS) is 11.1. The Hall–Kier alpha value is -1.29. The van der Waals surface area contributed by atoms with Crippen molar-refractivity contribution in [2.24, 2.45) is 12.0 Å². The highest BCUT2D eigenvalue weighted by Crippen LogP contribution is 2.20. The molecule has 0 saturated heterocycles. The summed E-state index contributed by atoms with van der Waals surface area (Å²) in [6, 6.07) is 6.83. The maximum absolute atomic E-state index is 13.5. The SMILES string of the molecule is CN=C(NCCSc1ccccc1F)N(C)Cc1cnn(C)c1.I. The summed E-state index contributed by atoms with van der Waals surface area (Å²) >= 11 is 1.49. The van der Waals surface area contributed by atoms with E-state index in [0.717, 1.165) is 23.8 Å². The van der Waals surface area contributed by atoms with E-state index >= 15 is 0 Å². The number of aromatic nitrogens is 2. The first-order chi connectivity index (χ1) is 11.1. The predicted molar refractivity (Wildman–Crippen MR) is 109 cm³/mol. The Labute approximate surface area is 163 Å². The first-order valence-corrected chi connectivity index (χ1v) is 8.35. The Morgan fingerprint density at radius 2 is 2.17 bits per heavy atom. The highest BCUT2D eigenvalue weighted by atomic mass is 127. The average molecular weight is 463 g/mol. The van der Waals surface area contributed by atoms with Gasteiger partial charge in [-0.25, -0.2) is 4.39 Å². The highest BCUT2D eigenvalue weighted by Gasteiger charge is 2.08. The molecule has 2 rings (SSSR count). The Morgan fingerprint density at radius 3 is 2.79 bits per heavy atom. The fourth-order valence-corrected chi connectivity index (χ4v) is 2.98. The maximum atomic E-state index is 13.5. The molecule has 2 aromatic rings. The van der Waals surface area contributed by atoms with Crippen LogP contribution in [-0.4, -0.2) is 47.0 Å². The molecule has 1 aromatic carbocycles. The molecule has 0 aliphatic heterocycles. The lowest BCUT2D eigenvalue weighted by Crippen LogP contribution is -2.39. The first kappa shape index (κ1) is 20.8. The van der Waals surface area contributed by atoms with E-state index in [1.165, 1.54) is 17.8 Å². The van der Waals surface area contributed by atoms with E-state index < -0.39 is 0 Å². The molecule has 8 heteroatoms. The Morgan fingerprint density at radius 1 is 1.42 bits per heavy atom. The second-order valence-electron chi connectivity index (χ2n) is 5.13. The molecule has 0 bridgehead atoms. The molecule has 0 atom stereocenters. The number of halogens is 2. The van der Waals surface area contributed by atoms with Gasteiger partial charge in [-0.05, 0) is 12.1 Å². The zero-order chi connectivity index (χ0) is 16.7. The minimum atomic E-state index is -0.171. The summed E-state index contributed by atoms with van der Waals surface area (Å²) in [5.74, 6) is 1.40. The lowest BCUT2D eigenvalue weighted by atomic mass is 10.3. The molecular formula is C16H23FIN5S. The standard InChI is InChI=1S/C16H22FN5S.HI/c1-18-16(21(2)11-13-10-20-22(3)12-13)19-8-9-23-15-7-5-4-6-14(15)17;/h4-7,10,12H,8-9,11H2,1-3H3,(H,18,19);1H. The van der Waals surface area contributed by atoms with Crippen LogP contribution in [0.5, 0.6) is 0 Å². The number of benzene rings is 1. The van der Waals surface area contributed by atoms with Gasteiger partial charge in [0.1, 0.15) is 5.82 Å². The topological polar surface area (TPSA) is 45.5 Å². The fraction of sp³-hybridized carbons (Fsp3) is 0.375. The Balaban J connectivity index is 0.00000288. The van der Waals surface area contributed by atoms with Gasteiger partial charge in [-0.15, -0.1) is 35.7 Å². The van der Waals surface area contributed by atoms with Gasteiger partial charge in [0.2, 0.25) is 0 Å². The number of hydrogen-bond donors (Lipinski definition) is 1. The van der Waals surface area contributed by atoms with Crippen molar-refractivity contribution in [3.8, 4) is 0 Å². The number of aryl methyl sites for hydroxylation is 1. The van der Waals surface area contributed by atoms with E-state index in [1.807, 2.05) is 37.5 Å². The van der Waals surface area contributed by atoms with Crippen molar-refractivity contribution in [3.05, 3.63) is 48.0 Å². The molecule has 0 aliphatic carbocycles. The summed E-state index contributed by atoms with van der Waals surface area (Å²) in [6.07, 6.45) is 3.83. The molecule has 1 N–H and O–H groups in total. The van der Waals surface area contributed by atoms with Crippen LogP contribution in [-0.2, 0) is 13.6 Å². The minimum absolute atomic E-state index is 0. The maximum Gasteiger partial charge on any atom is 0.193 e. The van der Waals surface area contributed by atoms with E-state index in [1.54, 1.807) is 23.9 Å². The van der Waals surface area contributed by atoms with E-state index in [2.05, 4.69) is 15.4 Å². The molecule has 0 saturated carbocycles. The van der Waals surface area contributed by atoms with Crippen LogP contribution in [0, 0.1) is 5.82 Å². The largest absolute Gasteiger partial charge is 0.355 e. The Kier molecular flexibility index (Phi) is 9.12. The van der Waals surface area contributed by atoms with Crippen LogP contribution in [0.1, 0.15) is 5.56 Å². The smallest absolute Gasteiger partial charge is 0.193 e. The zero-order valence-electron chi connectivity index (χ0n) is 14.1. The molecule has 1 heterocycles. The van der Waals surface area contributed by atoms with Gasteiger partial charge in [-0.1, -0.05) is 12.1 Å². The zero-order valence-corrected chi connectivity index (χ0v) is 17.2. The van der Waals surface area contributed by atoms with E-state index in [4.69, 9.17) is 0 Å². The molecule has 0 fully saturated rings. The average Bonchev–Trinajstić information content (AvgIpc) is 2.94. The molecule has 132 valence electrons. The summed E-state index contributed by atoms with van der Waals surface area (Å²) in [4.78, 5) is 6.98. The Bertz CT molecular complexity index is 661. The van der Waals surface area contributed by atoms with Crippen molar-refractivity contribution >= 4 is 41.7 Å². The van der Waals surface area contributed by atoms with Crippen LogP contribution in [0.3, 0.4) is 0 Å². The van der Waals surface area contributed by atoms with Gasteiger partial charge in [-0.3, -0.25) is 9.67 Å². The van der Waals surface area contributed by atoms with Gasteiger partial charge in [0.15, 0.2) is 5.96 Å². The molecule has 0 radical (unpaired) electrons. The van der Waals surface area contributed by atoms with Gasteiger partial charge in [0.05, 0.1) is 6.20 Å². The van der Waals surface area contributed by atoms with Crippen molar-refractivity contribution in [2.75, 3.05) is 26.4 Å². The highest BCUT2D eigenvalue weighted by molar-refractivity contribution is 14.0. The van der Waals surface area contributed by atoms with Crippen molar-refractivity contribution in [3.63, 3.8) is 0 Å². The number of hydrogen-bond acceptors (Lipinski definition) is 3. The van der Waals surface area contributed by atoms with Gasteiger partial charge < -0.3 is 10.2 Å². The molecule has 0 aliphatic rings. The van der Waals surface area contributed by atoms with Gasteiger partial charge in [0.25, 0.3) is 0 Å². The van der Waals surface area contributed by atoms with E-state index in [0.29, 0.717) is 11.4 Å². The lowest BCUT2D eigenvalue weighted by Gasteiger charge is -2.21. The molecule has 0 unspecified atom stereocenters. The number of guanidine groups is 1. The lowest BCUT2D eigenvalue weighted by molar-refractivity contribution is 0.479. The van der Waals surface area contributed by atoms with Crippen LogP contribution in [0.4, 0.5) is 4.39 Å². The fourth-order valence-electron chi connectivity index (χ4n) is 2.17. The van der Waals surface area contributed by atoms with Crippen molar-refractivity contribution < 1.29 is 4.39 Å². The third-order valence-electron chi connectivity index (χ3n) is 3.23. The predicted octanol–water partition coefficient (Wildman–Crippen LogP) is 2.98. The first-order valence-electron chi connectivity index (χ1n) is 7.37. The van der Waals surface area contributed by atoms with Crippen LogP contribution < -0.4 is 5.32 Å². The van der Waals surface area contributed by atoms with Crippen molar-refractivity contribution in [1.82, 2.24) is 20.0 Å². The number of thioether (sulfide) groups is 1. The molecule has 24 heavy (non-hydrogen) atoms. The minimum Gasteiger partial charge on any atom is -0.355 e. The van der Waals surface area contributed by atoms with Crippen LogP contribution in [0.2, 0.25) is 0 Å². The summed E-state index contributed by atoms with van der Waals surface area (Å²) < 4.78 is 15.3. The van der Waals surface area contributed by atoms with Crippen molar-refractivity contribution in [2.45, 2.75) is 11.4 Å². The van der Waals surface area contributed by atoms with Crippen LogP contribution >= 0.6 is 35.7 Å². The summed E-state index contributed by atoms with van der Waals surface area (Å²) in [6.45, 7) is 1.44. The molecule has 5 nitrogen and oxygen atoms in total. The number of nitrogens with zero attached hydrogens (tertiary/aromatic N) is 4. The van der Waals surface area contributed by atoms with Gasteiger partial charge in [0, 0.05) is 56.6 Å². The van der Waals surface area contributed by atoms with Crippen molar-refractivity contribution in [1.29, 1.82) is 0 Å². The number of aliphatic imine (C=N–C) groups is 1. The monoisotopic (exact) mass is 463 g/mol. The summed E-state index contributed by atoms with van der Waals surface area (Å²) in [7, 11) is 5.63. The van der Waals surface area contributed by atoms with E-state index in [-0.39, 0.29) is 29.8 Å². The quantitative estimate of drug-likeness (QED) is 0.235. The van der Waals surface area contributed by atoms with E-state index in [9.17, 15) is 4.39 Å². The third kappa shape index (κ3) is 6.31. The van der Waals surface area contributed by atoms with Crippen LogP contribution in [0.25, 0.3) is 0 Å². The van der Waals surface area contributed by atoms with Gasteiger partial charge >= 0.3 is 0 Å². The second-order valence-corrected chi connectivity index (χ2v) is 6.27. The van der Waals surface area contributed by atoms with Gasteiger partial charge in [-0.2, -0.15) is 5.10 Å².